The SMILES string of the molecule is CCCNCc1nnc(-n2cc(Cl)cn2)s1. The number of rotatable bonds is 5. The Morgan fingerprint density at radius 3 is 3.06 bits per heavy atom. The molecule has 0 aliphatic carbocycles. The third-order valence-corrected chi connectivity index (χ3v) is 3.01. The molecule has 2 aromatic rings. The molecular formula is C9H12ClN5S. The second-order valence-corrected chi connectivity index (χ2v) is 4.74. The molecule has 2 rings (SSSR count). The zero-order valence-electron chi connectivity index (χ0n) is 8.85. The lowest BCUT2D eigenvalue weighted by Crippen LogP contribution is -2.13. The van der Waals surface area contributed by atoms with E-state index >= 15 is 0 Å². The van der Waals surface area contributed by atoms with Crippen molar-refractivity contribution < 1.29 is 0 Å². The van der Waals surface area contributed by atoms with Crippen LogP contribution in [0.25, 0.3) is 5.13 Å². The average Bonchev–Trinajstić information content (AvgIpc) is 2.87. The van der Waals surface area contributed by atoms with Gasteiger partial charge in [0.1, 0.15) is 5.01 Å². The summed E-state index contributed by atoms with van der Waals surface area (Å²) in [5, 5.41) is 17.8. The van der Waals surface area contributed by atoms with Crippen LogP contribution in [0.15, 0.2) is 12.4 Å². The Balaban J connectivity index is 2.02. The van der Waals surface area contributed by atoms with Gasteiger partial charge in [0.2, 0.25) is 5.13 Å². The summed E-state index contributed by atoms with van der Waals surface area (Å²) in [6.07, 6.45) is 4.41. The van der Waals surface area contributed by atoms with Gasteiger partial charge in [-0.1, -0.05) is 29.9 Å². The molecule has 0 spiro atoms. The number of nitrogens with one attached hydrogen (secondary N) is 1. The summed E-state index contributed by atoms with van der Waals surface area (Å²) in [6.45, 7) is 3.87. The maximum absolute atomic E-state index is 5.78. The van der Waals surface area contributed by atoms with Crippen LogP contribution >= 0.6 is 22.9 Å². The van der Waals surface area contributed by atoms with Crippen molar-refractivity contribution in [2.24, 2.45) is 0 Å². The molecule has 0 fully saturated rings. The Morgan fingerprint density at radius 1 is 1.50 bits per heavy atom. The molecule has 2 aromatic heterocycles. The standard InChI is InChI=1S/C9H12ClN5S/c1-2-3-11-5-8-13-14-9(16-8)15-6-7(10)4-12-15/h4,6,11H,2-3,5H2,1H3. The molecule has 0 amide bonds. The molecule has 1 N–H and O–H groups in total. The first-order chi connectivity index (χ1) is 7.79. The van der Waals surface area contributed by atoms with Gasteiger partial charge < -0.3 is 5.32 Å². The van der Waals surface area contributed by atoms with Crippen molar-refractivity contribution in [3.63, 3.8) is 0 Å². The van der Waals surface area contributed by atoms with E-state index in [1.165, 1.54) is 11.3 Å². The van der Waals surface area contributed by atoms with Gasteiger partial charge in [-0.25, -0.2) is 4.68 Å². The van der Waals surface area contributed by atoms with Crippen LogP contribution in [0.5, 0.6) is 0 Å². The lowest BCUT2D eigenvalue weighted by Gasteiger charge is -1.96. The Morgan fingerprint density at radius 2 is 2.38 bits per heavy atom. The minimum atomic E-state index is 0.598. The van der Waals surface area contributed by atoms with Gasteiger partial charge in [0.25, 0.3) is 0 Å². The minimum absolute atomic E-state index is 0.598. The van der Waals surface area contributed by atoms with Crippen LogP contribution in [0.3, 0.4) is 0 Å². The molecular weight excluding hydrogens is 246 g/mol. The van der Waals surface area contributed by atoms with Gasteiger partial charge >= 0.3 is 0 Å². The first kappa shape index (κ1) is 11.5. The van der Waals surface area contributed by atoms with E-state index in [0.717, 1.165) is 29.6 Å². The summed E-state index contributed by atoms with van der Waals surface area (Å²) in [6, 6.07) is 0. The summed E-state index contributed by atoms with van der Waals surface area (Å²) in [4.78, 5) is 0. The van der Waals surface area contributed by atoms with Crippen LogP contribution in [0, 0.1) is 0 Å². The highest BCUT2D eigenvalue weighted by Gasteiger charge is 2.06. The fourth-order valence-electron chi connectivity index (χ4n) is 1.19. The van der Waals surface area contributed by atoms with Gasteiger partial charge in [-0.3, -0.25) is 0 Å². The van der Waals surface area contributed by atoms with Gasteiger partial charge in [-0.05, 0) is 13.0 Å². The molecule has 0 saturated heterocycles. The van der Waals surface area contributed by atoms with Crippen LogP contribution < -0.4 is 5.32 Å². The van der Waals surface area contributed by atoms with E-state index in [9.17, 15) is 0 Å². The van der Waals surface area contributed by atoms with Crippen LogP contribution in [-0.2, 0) is 6.54 Å². The van der Waals surface area contributed by atoms with Crippen molar-refractivity contribution >= 4 is 22.9 Å². The maximum Gasteiger partial charge on any atom is 0.232 e. The topological polar surface area (TPSA) is 55.6 Å². The largest absolute Gasteiger partial charge is 0.310 e. The van der Waals surface area contributed by atoms with Gasteiger partial charge in [0.15, 0.2) is 0 Å². The van der Waals surface area contributed by atoms with E-state index in [2.05, 4.69) is 27.5 Å². The Bertz CT molecular complexity index is 452. The normalized spacial score (nSPS) is 10.9. The molecule has 0 bridgehead atoms. The molecule has 2 heterocycles. The smallest absolute Gasteiger partial charge is 0.232 e. The first-order valence-corrected chi connectivity index (χ1v) is 6.22. The summed E-state index contributed by atoms with van der Waals surface area (Å²) in [5.74, 6) is 0. The van der Waals surface area contributed by atoms with Crippen molar-refractivity contribution in [1.29, 1.82) is 0 Å². The summed E-state index contributed by atoms with van der Waals surface area (Å²) in [7, 11) is 0. The van der Waals surface area contributed by atoms with E-state index < -0.39 is 0 Å². The molecule has 0 aromatic carbocycles. The molecule has 0 aliphatic heterocycles. The van der Waals surface area contributed by atoms with Crippen molar-refractivity contribution in [2.45, 2.75) is 19.9 Å². The van der Waals surface area contributed by atoms with Gasteiger partial charge in [0, 0.05) is 6.54 Å². The quantitative estimate of drug-likeness (QED) is 0.831. The lowest BCUT2D eigenvalue weighted by molar-refractivity contribution is 0.667. The molecule has 0 saturated carbocycles. The van der Waals surface area contributed by atoms with E-state index in [-0.39, 0.29) is 0 Å². The third-order valence-electron chi connectivity index (χ3n) is 1.91. The molecule has 0 radical (unpaired) electrons. The van der Waals surface area contributed by atoms with Crippen LogP contribution in [0.1, 0.15) is 18.4 Å². The summed E-state index contributed by atoms with van der Waals surface area (Å²) in [5.41, 5.74) is 0. The molecule has 16 heavy (non-hydrogen) atoms. The monoisotopic (exact) mass is 257 g/mol. The molecule has 0 atom stereocenters. The van der Waals surface area contributed by atoms with Crippen molar-refractivity contribution in [1.82, 2.24) is 25.3 Å². The highest BCUT2D eigenvalue weighted by Crippen LogP contribution is 2.16. The Labute approximate surface area is 102 Å². The highest BCUT2D eigenvalue weighted by atomic mass is 35.5. The number of halogens is 1. The lowest BCUT2D eigenvalue weighted by atomic mass is 10.5. The molecule has 0 aliphatic rings. The predicted octanol–water partition coefficient (Wildman–Crippen LogP) is 1.88. The minimum Gasteiger partial charge on any atom is -0.310 e. The van der Waals surface area contributed by atoms with Gasteiger partial charge in [0.05, 0.1) is 17.4 Å². The zero-order chi connectivity index (χ0) is 11.4. The third kappa shape index (κ3) is 2.78. The van der Waals surface area contributed by atoms with E-state index in [1.54, 1.807) is 17.1 Å². The molecule has 0 unspecified atom stereocenters. The fraction of sp³-hybridized carbons (Fsp3) is 0.444. The predicted molar refractivity (Wildman–Crippen MR) is 64.0 cm³/mol. The first-order valence-electron chi connectivity index (χ1n) is 5.03. The van der Waals surface area contributed by atoms with Crippen molar-refractivity contribution in [2.75, 3.05) is 6.54 Å². The molecule has 86 valence electrons. The molecule has 5 nitrogen and oxygen atoms in total. The van der Waals surface area contributed by atoms with Gasteiger partial charge in [-0.2, -0.15) is 5.10 Å². The summed E-state index contributed by atoms with van der Waals surface area (Å²) < 4.78 is 1.63. The number of aromatic nitrogens is 4. The Kier molecular flexibility index (Phi) is 3.87. The van der Waals surface area contributed by atoms with Crippen LogP contribution in [0.4, 0.5) is 0 Å². The van der Waals surface area contributed by atoms with Crippen LogP contribution in [0.2, 0.25) is 5.02 Å². The van der Waals surface area contributed by atoms with E-state index in [1.807, 2.05) is 0 Å². The Hall–Kier alpha value is -0.980. The fourth-order valence-corrected chi connectivity index (χ4v) is 2.06. The highest BCUT2D eigenvalue weighted by molar-refractivity contribution is 7.13. The van der Waals surface area contributed by atoms with Gasteiger partial charge in [-0.15, -0.1) is 10.2 Å². The number of hydrogen-bond donors (Lipinski definition) is 1. The maximum atomic E-state index is 5.78. The second kappa shape index (κ2) is 5.38. The second-order valence-electron chi connectivity index (χ2n) is 3.26. The average molecular weight is 258 g/mol. The molecule has 7 heteroatoms. The van der Waals surface area contributed by atoms with Crippen LogP contribution in [-0.4, -0.2) is 26.5 Å². The van der Waals surface area contributed by atoms with E-state index in [4.69, 9.17) is 11.6 Å². The number of hydrogen-bond acceptors (Lipinski definition) is 5. The summed E-state index contributed by atoms with van der Waals surface area (Å²) >= 11 is 7.29. The van der Waals surface area contributed by atoms with E-state index in [0.29, 0.717) is 5.02 Å². The van der Waals surface area contributed by atoms with Crippen molar-refractivity contribution in [3.05, 3.63) is 22.4 Å². The van der Waals surface area contributed by atoms with Crippen molar-refractivity contribution in [3.8, 4) is 5.13 Å². The zero-order valence-corrected chi connectivity index (χ0v) is 10.4. The number of nitrogens with zero attached hydrogens (tertiary/aromatic N) is 4.